The zero-order valence-electron chi connectivity index (χ0n) is 16.0. The lowest BCUT2D eigenvalue weighted by Crippen LogP contribution is -2.19. The Morgan fingerprint density at radius 2 is 1.55 bits per heavy atom. The quantitative estimate of drug-likeness (QED) is 0.504. The molecule has 152 valence electrons. The maximum atomic E-state index is 12.5. The maximum Gasteiger partial charge on any atom is 0.264 e. The van der Waals surface area contributed by atoms with Crippen molar-refractivity contribution < 1.29 is 17.7 Å². The van der Waals surface area contributed by atoms with Crippen LogP contribution < -0.4 is 20.1 Å². The Morgan fingerprint density at radius 3 is 2.03 bits per heavy atom. The Balaban J connectivity index is 1.64. The van der Waals surface area contributed by atoms with Crippen molar-refractivity contribution in [3.8, 4) is 5.75 Å². The summed E-state index contributed by atoms with van der Waals surface area (Å²) in [6.45, 7) is 3.47. The Labute approximate surface area is 174 Å². The van der Waals surface area contributed by atoms with Crippen LogP contribution in [-0.2, 0) is 10.0 Å². The zero-order chi connectivity index (χ0) is 21.0. The topological polar surface area (TPSA) is 105 Å². The van der Waals surface area contributed by atoms with Gasteiger partial charge >= 0.3 is 0 Å². The molecule has 0 unspecified atom stereocenters. The maximum absolute atomic E-state index is 12.5. The van der Waals surface area contributed by atoms with Crippen LogP contribution in [0.1, 0.15) is 11.3 Å². The molecule has 0 radical (unpaired) electrons. The minimum absolute atomic E-state index is 0.0885. The smallest absolute Gasteiger partial charge is 0.264 e. The Bertz CT molecular complexity index is 1110. The number of ether oxygens (including phenoxy) is 1. The molecule has 0 aliphatic rings. The molecule has 0 bridgehead atoms. The molecule has 1 aromatic heterocycles. The Hall–Kier alpha value is -3.11. The van der Waals surface area contributed by atoms with Crippen molar-refractivity contribution in [2.45, 2.75) is 18.7 Å². The molecule has 0 saturated heterocycles. The van der Waals surface area contributed by atoms with Crippen molar-refractivity contribution >= 4 is 44.6 Å². The Kier molecular flexibility index (Phi) is 6.04. The summed E-state index contributed by atoms with van der Waals surface area (Å²) in [5.74, 6) is 0.852. The summed E-state index contributed by atoms with van der Waals surface area (Å²) in [4.78, 5) is 0.0885. The van der Waals surface area contributed by atoms with Gasteiger partial charge in [-0.15, -0.1) is 0 Å². The van der Waals surface area contributed by atoms with E-state index in [9.17, 15) is 8.42 Å². The van der Waals surface area contributed by atoms with Crippen LogP contribution in [0.4, 0.5) is 17.3 Å². The van der Waals surface area contributed by atoms with Gasteiger partial charge in [0.15, 0.2) is 5.11 Å². The van der Waals surface area contributed by atoms with E-state index in [4.69, 9.17) is 21.5 Å². The molecule has 1 heterocycles. The third-order valence-corrected chi connectivity index (χ3v) is 5.71. The lowest BCUT2D eigenvalue weighted by atomic mass is 10.3. The molecule has 2 aromatic carbocycles. The van der Waals surface area contributed by atoms with E-state index in [1.807, 2.05) is 24.3 Å². The molecule has 3 rings (SSSR count). The van der Waals surface area contributed by atoms with Crippen LogP contribution in [0.5, 0.6) is 5.75 Å². The standard InChI is InChI=1S/C19H20N4O4S2/c1-12-13(2)22-27-18(12)23-29(24,25)17-10-6-15(7-11-17)21-19(28)20-14-4-8-16(26-3)9-5-14/h4-11,23H,1-3H3,(H2,20,21,28). The van der Waals surface area contributed by atoms with Crippen LogP contribution in [0.15, 0.2) is 57.9 Å². The first-order valence-corrected chi connectivity index (χ1v) is 10.5. The van der Waals surface area contributed by atoms with Gasteiger partial charge in [0.25, 0.3) is 10.0 Å². The number of methoxy groups -OCH3 is 1. The number of rotatable bonds is 6. The summed E-state index contributed by atoms with van der Waals surface area (Å²) in [5, 5.41) is 10.2. The molecule has 0 spiro atoms. The number of sulfonamides is 1. The van der Waals surface area contributed by atoms with Crippen LogP contribution >= 0.6 is 12.2 Å². The normalized spacial score (nSPS) is 11.0. The minimum atomic E-state index is -3.79. The van der Waals surface area contributed by atoms with Crippen LogP contribution in [0.2, 0.25) is 0 Å². The van der Waals surface area contributed by atoms with Gasteiger partial charge in [-0.05, 0) is 74.6 Å². The molecular formula is C19H20N4O4S2. The van der Waals surface area contributed by atoms with Crippen LogP contribution in [0.25, 0.3) is 0 Å². The number of hydrogen-bond acceptors (Lipinski definition) is 6. The minimum Gasteiger partial charge on any atom is -0.497 e. The first-order valence-electron chi connectivity index (χ1n) is 8.56. The van der Waals surface area contributed by atoms with E-state index in [1.165, 1.54) is 12.1 Å². The summed E-state index contributed by atoms with van der Waals surface area (Å²) in [6.07, 6.45) is 0. The number of benzene rings is 2. The summed E-state index contributed by atoms with van der Waals surface area (Å²) >= 11 is 5.29. The number of nitrogens with zero attached hydrogens (tertiary/aromatic N) is 1. The highest BCUT2D eigenvalue weighted by atomic mass is 32.2. The molecule has 3 aromatic rings. The number of aryl methyl sites for hydroxylation is 1. The molecule has 0 fully saturated rings. The molecular weight excluding hydrogens is 412 g/mol. The molecule has 0 amide bonds. The van der Waals surface area contributed by atoms with Crippen LogP contribution in [-0.4, -0.2) is 25.8 Å². The average Bonchev–Trinajstić information content (AvgIpc) is 3.00. The zero-order valence-corrected chi connectivity index (χ0v) is 17.6. The second kappa shape index (κ2) is 8.50. The number of anilines is 3. The first-order chi connectivity index (χ1) is 13.8. The van der Waals surface area contributed by atoms with E-state index in [0.717, 1.165) is 11.4 Å². The van der Waals surface area contributed by atoms with Gasteiger partial charge in [0.2, 0.25) is 5.88 Å². The van der Waals surface area contributed by atoms with Crippen molar-refractivity contribution in [3.63, 3.8) is 0 Å². The van der Waals surface area contributed by atoms with E-state index in [1.54, 1.807) is 33.1 Å². The lowest BCUT2D eigenvalue weighted by molar-refractivity contribution is 0.415. The summed E-state index contributed by atoms with van der Waals surface area (Å²) < 4.78 is 37.6. The van der Waals surface area contributed by atoms with Crippen LogP contribution in [0, 0.1) is 13.8 Å². The highest BCUT2D eigenvalue weighted by Crippen LogP contribution is 2.23. The SMILES string of the molecule is COc1ccc(NC(=S)Nc2ccc(S(=O)(=O)Nc3onc(C)c3C)cc2)cc1. The van der Waals surface area contributed by atoms with E-state index < -0.39 is 10.0 Å². The third-order valence-electron chi connectivity index (χ3n) is 4.15. The highest BCUT2D eigenvalue weighted by Gasteiger charge is 2.19. The summed E-state index contributed by atoms with van der Waals surface area (Å²) in [6, 6.07) is 13.5. The second-order valence-electron chi connectivity index (χ2n) is 6.16. The van der Waals surface area contributed by atoms with Gasteiger partial charge in [0, 0.05) is 16.9 Å². The van der Waals surface area contributed by atoms with Crippen molar-refractivity contribution in [2.24, 2.45) is 0 Å². The van der Waals surface area contributed by atoms with Crippen molar-refractivity contribution in [1.82, 2.24) is 5.16 Å². The van der Waals surface area contributed by atoms with Crippen molar-refractivity contribution in [2.75, 3.05) is 22.5 Å². The highest BCUT2D eigenvalue weighted by molar-refractivity contribution is 7.92. The molecule has 29 heavy (non-hydrogen) atoms. The number of hydrogen-bond donors (Lipinski definition) is 3. The third kappa shape index (κ3) is 5.04. The van der Waals surface area contributed by atoms with Crippen molar-refractivity contribution in [1.29, 1.82) is 0 Å². The van der Waals surface area contributed by atoms with Crippen LogP contribution in [0.3, 0.4) is 0 Å². The van der Waals surface area contributed by atoms with Gasteiger partial charge in [0.1, 0.15) is 5.75 Å². The number of thiocarbonyl (C=S) groups is 1. The fraction of sp³-hybridized carbons (Fsp3) is 0.158. The van der Waals surface area contributed by atoms with Gasteiger partial charge in [-0.2, -0.15) is 0 Å². The fourth-order valence-corrected chi connectivity index (χ4v) is 3.66. The molecule has 0 aliphatic carbocycles. The van der Waals surface area contributed by atoms with Gasteiger partial charge in [-0.25, -0.2) is 13.1 Å². The number of nitrogens with one attached hydrogen (secondary N) is 3. The van der Waals surface area contributed by atoms with Gasteiger partial charge in [-0.1, -0.05) is 5.16 Å². The summed E-state index contributed by atoms with van der Waals surface area (Å²) in [7, 11) is -2.20. The fourth-order valence-electron chi connectivity index (χ4n) is 2.38. The first kappa shape index (κ1) is 20.6. The lowest BCUT2D eigenvalue weighted by Gasteiger charge is -2.12. The predicted octanol–water partition coefficient (Wildman–Crippen LogP) is 3.91. The molecule has 10 heteroatoms. The Morgan fingerprint density at radius 1 is 1.00 bits per heavy atom. The van der Waals surface area contributed by atoms with Gasteiger partial charge in [0.05, 0.1) is 17.7 Å². The van der Waals surface area contributed by atoms with Crippen molar-refractivity contribution in [3.05, 3.63) is 59.8 Å². The predicted molar refractivity (Wildman–Crippen MR) is 116 cm³/mol. The molecule has 0 atom stereocenters. The molecule has 0 aliphatic heterocycles. The van der Waals surface area contributed by atoms with E-state index in [-0.39, 0.29) is 10.8 Å². The van der Waals surface area contributed by atoms with E-state index in [2.05, 4.69) is 20.5 Å². The largest absolute Gasteiger partial charge is 0.497 e. The molecule has 8 nitrogen and oxygen atoms in total. The summed E-state index contributed by atoms with van der Waals surface area (Å²) in [5.41, 5.74) is 2.70. The van der Waals surface area contributed by atoms with Gasteiger partial charge in [-0.3, -0.25) is 0 Å². The molecule has 3 N–H and O–H groups in total. The van der Waals surface area contributed by atoms with E-state index in [0.29, 0.717) is 22.1 Å². The van der Waals surface area contributed by atoms with Gasteiger partial charge < -0.3 is 19.9 Å². The number of aromatic nitrogens is 1. The monoisotopic (exact) mass is 432 g/mol. The molecule has 0 saturated carbocycles. The second-order valence-corrected chi connectivity index (χ2v) is 8.25. The van der Waals surface area contributed by atoms with E-state index >= 15 is 0 Å². The average molecular weight is 433 g/mol.